The molecule has 0 aliphatic carbocycles. The van der Waals surface area contributed by atoms with E-state index >= 15 is 0 Å². The van der Waals surface area contributed by atoms with Crippen LogP contribution in [-0.4, -0.2) is 30.0 Å². The topological polar surface area (TPSA) is 54.5 Å². The van der Waals surface area contributed by atoms with Crippen molar-refractivity contribution in [1.82, 2.24) is 10.3 Å². The van der Waals surface area contributed by atoms with Crippen LogP contribution in [0.2, 0.25) is 0 Å². The maximum absolute atomic E-state index is 13.4. The van der Waals surface area contributed by atoms with E-state index < -0.39 is 17.7 Å². The molecule has 1 saturated heterocycles. The molecular weight excluding hydrogens is 419 g/mol. The van der Waals surface area contributed by atoms with E-state index in [2.05, 4.69) is 10.3 Å². The molecule has 32 heavy (non-hydrogen) atoms. The highest BCUT2D eigenvalue weighted by Crippen LogP contribution is 2.44. The van der Waals surface area contributed by atoms with Crippen molar-refractivity contribution < 1.29 is 22.7 Å². The van der Waals surface area contributed by atoms with Crippen molar-refractivity contribution >= 4 is 11.7 Å². The minimum absolute atomic E-state index is 0.125. The number of fused-ring (bicyclic) bond motifs is 2. The van der Waals surface area contributed by atoms with Gasteiger partial charge in [0.2, 0.25) is 5.91 Å². The number of nitrogens with one attached hydrogen (secondary N) is 1. The van der Waals surface area contributed by atoms with E-state index in [1.54, 1.807) is 0 Å². The number of ether oxygens (including phenoxy) is 1. The van der Waals surface area contributed by atoms with Crippen molar-refractivity contribution in [2.24, 2.45) is 0 Å². The Morgan fingerprint density at radius 2 is 1.66 bits per heavy atom. The summed E-state index contributed by atoms with van der Waals surface area (Å²) in [7, 11) is 0. The fourth-order valence-corrected chi connectivity index (χ4v) is 4.30. The van der Waals surface area contributed by atoms with Crippen LogP contribution in [0.3, 0.4) is 0 Å². The first-order valence-electron chi connectivity index (χ1n) is 10.3. The maximum Gasteiger partial charge on any atom is 0.417 e. The van der Waals surface area contributed by atoms with Crippen LogP contribution in [0.4, 0.5) is 19.0 Å². The third-order valence-electron chi connectivity index (χ3n) is 5.88. The predicted molar refractivity (Wildman–Crippen MR) is 113 cm³/mol. The van der Waals surface area contributed by atoms with Crippen LogP contribution in [0.25, 0.3) is 0 Å². The molecule has 2 aromatic carbocycles. The van der Waals surface area contributed by atoms with E-state index in [0.29, 0.717) is 36.8 Å². The fourth-order valence-electron chi connectivity index (χ4n) is 4.30. The lowest BCUT2D eigenvalue weighted by Crippen LogP contribution is -2.40. The Kier molecular flexibility index (Phi) is 5.00. The highest BCUT2D eigenvalue weighted by molar-refractivity contribution is 5.90. The van der Waals surface area contributed by atoms with E-state index in [1.807, 2.05) is 53.4 Å². The zero-order valence-corrected chi connectivity index (χ0v) is 17.0. The number of amides is 1. The first-order chi connectivity index (χ1) is 15.4. The van der Waals surface area contributed by atoms with E-state index in [1.165, 1.54) is 6.07 Å². The predicted octanol–water partition coefficient (Wildman–Crippen LogP) is 4.73. The normalized spacial score (nSPS) is 18.0. The number of anilines is 1. The zero-order valence-electron chi connectivity index (χ0n) is 17.0. The first kappa shape index (κ1) is 20.4. The molecule has 0 spiro atoms. The molecule has 164 valence electrons. The number of benzene rings is 2. The third kappa shape index (κ3) is 3.77. The second-order valence-electron chi connectivity index (χ2n) is 7.95. The van der Waals surface area contributed by atoms with E-state index in [9.17, 15) is 18.0 Å². The summed E-state index contributed by atoms with van der Waals surface area (Å²) < 4.78 is 44.3. The molecule has 1 amide bonds. The summed E-state index contributed by atoms with van der Waals surface area (Å²) in [6.45, 7) is 1.08. The molecule has 0 radical (unpaired) electrons. The molecule has 1 fully saturated rings. The van der Waals surface area contributed by atoms with Gasteiger partial charge in [0.15, 0.2) is 0 Å². The van der Waals surface area contributed by atoms with Gasteiger partial charge >= 0.3 is 6.18 Å². The fraction of sp³-hybridized carbons (Fsp3) is 0.250. The molecule has 3 aromatic rings. The quantitative estimate of drug-likeness (QED) is 0.641. The van der Waals surface area contributed by atoms with Crippen LogP contribution in [0.15, 0.2) is 66.9 Å². The number of hydrogen-bond acceptors (Lipinski definition) is 4. The average molecular weight is 439 g/mol. The number of halogens is 3. The number of carbonyl (C=O) groups excluding carboxylic acids is 1. The zero-order chi connectivity index (χ0) is 22.3. The van der Waals surface area contributed by atoms with Crippen molar-refractivity contribution in [2.45, 2.75) is 24.6 Å². The van der Waals surface area contributed by atoms with Crippen molar-refractivity contribution in [3.63, 3.8) is 0 Å². The molecular formula is C24H20F3N3O2. The van der Waals surface area contributed by atoms with E-state index in [0.717, 1.165) is 23.4 Å². The summed E-state index contributed by atoms with van der Waals surface area (Å²) in [4.78, 5) is 19.2. The number of hydrogen-bond donors (Lipinski definition) is 1. The Morgan fingerprint density at radius 3 is 2.25 bits per heavy atom. The Bertz CT molecular complexity index is 1100. The molecule has 1 unspecified atom stereocenters. The largest absolute Gasteiger partial charge is 0.457 e. The summed E-state index contributed by atoms with van der Waals surface area (Å²) in [5, 5.41) is 3.12. The number of para-hydroxylation sites is 2. The number of carbonyl (C=O) groups is 1. The van der Waals surface area contributed by atoms with Gasteiger partial charge in [0.1, 0.15) is 17.3 Å². The highest BCUT2D eigenvalue weighted by Gasteiger charge is 2.35. The van der Waals surface area contributed by atoms with Crippen LogP contribution in [0.5, 0.6) is 11.5 Å². The lowest BCUT2D eigenvalue weighted by Gasteiger charge is -2.28. The monoisotopic (exact) mass is 439 g/mol. The summed E-state index contributed by atoms with van der Waals surface area (Å²) >= 11 is 0. The number of pyridine rings is 1. The minimum Gasteiger partial charge on any atom is -0.457 e. The van der Waals surface area contributed by atoms with E-state index in [4.69, 9.17) is 4.74 Å². The Balaban J connectivity index is 1.31. The minimum atomic E-state index is -4.41. The second kappa shape index (κ2) is 7.85. The molecule has 5 nitrogen and oxygen atoms in total. The Hall–Kier alpha value is -3.55. The standard InChI is InChI=1S/C24H20F3N3O2/c25-24(26,27)15-9-10-21(28-13-15)30-12-11-16(14-30)29-23(31)22-17-5-1-3-7-19(17)32-20-8-4-2-6-18(20)22/h1-10,13,16,22H,11-12,14H2,(H,29,31). The lowest BCUT2D eigenvalue weighted by molar-refractivity contribution is -0.137. The lowest BCUT2D eigenvalue weighted by atomic mass is 9.87. The Labute approximate surface area is 182 Å². The number of alkyl halides is 3. The summed E-state index contributed by atoms with van der Waals surface area (Å²) in [5.74, 6) is 1.17. The van der Waals surface area contributed by atoms with E-state index in [-0.39, 0.29) is 11.9 Å². The third-order valence-corrected chi connectivity index (χ3v) is 5.88. The SMILES string of the molecule is O=C(NC1CCN(c2ccc(C(F)(F)F)cn2)C1)C1c2ccccc2Oc2ccccc21. The number of nitrogens with zero attached hydrogens (tertiary/aromatic N) is 2. The van der Waals surface area contributed by atoms with Crippen molar-refractivity contribution in [3.8, 4) is 11.5 Å². The molecule has 5 rings (SSSR count). The first-order valence-corrected chi connectivity index (χ1v) is 10.3. The van der Waals surface area contributed by atoms with Gasteiger partial charge < -0.3 is 15.0 Å². The van der Waals surface area contributed by atoms with Crippen molar-refractivity contribution in [1.29, 1.82) is 0 Å². The van der Waals surface area contributed by atoms with Crippen molar-refractivity contribution in [2.75, 3.05) is 18.0 Å². The van der Waals surface area contributed by atoms with Crippen LogP contribution < -0.4 is 15.0 Å². The molecule has 0 bridgehead atoms. The maximum atomic E-state index is 13.4. The molecule has 2 aliphatic heterocycles. The summed E-state index contributed by atoms with van der Waals surface area (Å²) in [6, 6.07) is 17.2. The highest BCUT2D eigenvalue weighted by atomic mass is 19.4. The van der Waals surface area contributed by atoms with Gasteiger partial charge in [-0.25, -0.2) is 4.98 Å². The summed E-state index contributed by atoms with van der Waals surface area (Å²) in [6.07, 6.45) is -2.89. The molecule has 1 atom stereocenters. The molecule has 1 aromatic heterocycles. The Morgan fingerprint density at radius 1 is 1.00 bits per heavy atom. The van der Waals surface area contributed by atoms with Gasteiger partial charge in [-0.15, -0.1) is 0 Å². The molecule has 3 heterocycles. The second-order valence-corrected chi connectivity index (χ2v) is 7.95. The van der Waals surface area contributed by atoms with Gasteiger partial charge in [-0.05, 0) is 30.7 Å². The van der Waals surface area contributed by atoms with Gasteiger partial charge in [-0.2, -0.15) is 13.2 Å². The van der Waals surface area contributed by atoms with Gasteiger partial charge in [-0.1, -0.05) is 36.4 Å². The van der Waals surface area contributed by atoms with Gasteiger partial charge in [0.05, 0.1) is 11.5 Å². The van der Waals surface area contributed by atoms with Crippen LogP contribution in [0, 0.1) is 0 Å². The molecule has 2 aliphatic rings. The van der Waals surface area contributed by atoms with Gasteiger partial charge in [-0.3, -0.25) is 4.79 Å². The molecule has 1 N–H and O–H groups in total. The molecule has 8 heteroatoms. The van der Waals surface area contributed by atoms with Crippen LogP contribution >= 0.6 is 0 Å². The van der Waals surface area contributed by atoms with Crippen molar-refractivity contribution in [3.05, 3.63) is 83.6 Å². The smallest absolute Gasteiger partial charge is 0.417 e. The van der Waals surface area contributed by atoms with Crippen LogP contribution in [-0.2, 0) is 11.0 Å². The summed E-state index contributed by atoms with van der Waals surface area (Å²) in [5.41, 5.74) is 0.841. The molecule has 0 saturated carbocycles. The average Bonchev–Trinajstić information content (AvgIpc) is 3.25. The number of rotatable bonds is 3. The number of aromatic nitrogens is 1. The van der Waals surface area contributed by atoms with Gasteiger partial charge in [0.25, 0.3) is 0 Å². The van der Waals surface area contributed by atoms with Gasteiger partial charge in [0, 0.05) is 36.5 Å². The van der Waals surface area contributed by atoms with Crippen LogP contribution in [0.1, 0.15) is 29.0 Å².